The van der Waals surface area contributed by atoms with Crippen LogP contribution in [0.25, 0.3) is 11.3 Å². The van der Waals surface area contributed by atoms with Crippen LogP contribution >= 0.6 is 0 Å². The van der Waals surface area contributed by atoms with E-state index in [1.165, 1.54) is 54.5 Å². The number of hydrogen-bond donors (Lipinski definition) is 0. The van der Waals surface area contributed by atoms with Gasteiger partial charge < -0.3 is 4.74 Å². The van der Waals surface area contributed by atoms with Crippen LogP contribution in [0.15, 0.2) is 36.5 Å². The Morgan fingerprint density at radius 1 is 1.05 bits per heavy atom. The fourth-order valence-electron chi connectivity index (χ4n) is 4.28. The molecule has 22 heavy (non-hydrogen) atoms. The summed E-state index contributed by atoms with van der Waals surface area (Å²) in [6.07, 6.45) is 8.73. The zero-order chi connectivity index (χ0) is 15.2. The lowest BCUT2D eigenvalue weighted by molar-refractivity contribution is -0.660. The Morgan fingerprint density at radius 2 is 1.86 bits per heavy atom. The molecule has 2 aliphatic rings. The lowest BCUT2D eigenvalue weighted by Gasteiger charge is -2.32. The summed E-state index contributed by atoms with van der Waals surface area (Å²) in [4.78, 5) is 0. The number of rotatable bonds is 1. The SMILES string of the molecule is Cc1ccc2c(c1-c1cccc[n+]1C)OCC21CCCCC1. The van der Waals surface area contributed by atoms with Gasteiger partial charge in [0, 0.05) is 23.1 Å². The highest BCUT2D eigenvalue weighted by Gasteiger charge is 2.43. The van der Waals surface area contributed by atoms with Crippen molar-refractivity contribution >= 4 is 0 Å². The first kappa shape index (κ1) is 13.8. The molecule has 0 atom stereocenters. The van der Waals surface area contributed by atoms with Gasteiger partial charge in [0.25, 0.3) is 0 Å². The van der Waals surface area contributed by atoms with E-state index in [-0.39, 0.29) is 5.41 Å². The van der Waals surface area contributed by atoms with E-state index in [0.717, 1.165) is 12.4 Å². The van der Waals surface area contributed by atoms with Crippen LogP contribution in [0.3, 0.4) is 0 Å². The summed E-state index contributed by atoms with van der Waals surface area (Å²) >= 11 is 0. The predicted octanol–water partition coefficient (Wildman–Crippen LogP) is 4.08. The van der Waals surface area contributed by atoms with Crippen LogP contribution in [-0.2, 0) is 12.5 Å². The first-order valence-corrected chi connectivity index (χ1v) is 8.43. The Labute approximate surface area is 132 Å². The maximum Gasteiger partial charge on any atom is 0.216 e. The van der Waals surface area contributed by atoms with E-state index in [4.69, 9.17) is 4.74 Å². The van der Waals surface area contributed by atoms with Crippen LogP contribution < -0.4 is 9.30 Å². The quantitative estimate of drug-likeness (QED) is 0.722. The van der Waals surface area contributed by atoms with Gasteiger partial charge in [0.1, 0.15) is 12.8 Å². The monoisotopic (exact) mass is 294 g/mol. The standard InChI is InChI=1S/C20H24NO/c1-15-9-10-16-19(18(15)17-8-4-7-13-21(17)2)22-14-20(16)11-5-3-6-12-20/h4,7-10,13H,3,5-6,11-12,14H2,1-2H3/q+1. The van der Waals surface area contributed by atoms with Crippen LogP contribution in [0.2, 0.25) is 0 Å². The molecule has 0 unspecified atom stereocenters. The first-order chi connectivity index (χ1) is 10.7. The maximum absolute atomic E-state index is 6.30. The molecule has 2 heteroatoms. The van der Waals surface area contributed by atoms with Gasteiger partial charge in [0.15, 0.2) is 6.20 Å². The van der Waals surface area contributed by atoms with Crippen molar-refractivity contribution in [3.05, 3.63) is 47.7 Å². The third-order valence-corrected chi connectivity index (χ3v) is 5.55. The summed E-state index contributed by atoms with van der Waals surface area (Å²) in [5, 5.41) is 0. The highest BCUT2D eigenvalue weighted by atomic mass is 16.5. The van der Waals surface area contributed by atoms with E-state index >= 15 is 0 Å². The molecule has 0 amide bonds. The molecule has 2 nitrogen and oxygen atoms in total. The minimum Gasteiger partial charge on any atom is -0.491 e. The molecule has 1 fully saturated rings. The van der Waals surface area contributed by atoms with Crippen molar-refractivity contribution in [3.8, 4) is 17.0 Å². The molecule has 114 valence electrons. The number of aromatic nitrogens is 1. The molecule has 2 heterocycles. The fraction of sp³-hybridized carbons (Fsp3) is 0.450. The van der Waals surface area contributed by atoms with Crippen LogP contribution in [0, 0.1) is 6.92 Å². The molecule has 1 aliphatic carbocycles. The first-order valence-electron chi connectivity index (χ1n) is 8.43. The largest absolute Gasteiger partial charge is 0.491 e. The lowest BCUT2D eigenvalue weighted by atomic mass is 9.70. The number of pyridine rings is 1. The van der Waals surface area contributed by atoms with Crippen molar-refractivity contribution in [1.82, 2.24) is 0 Å². The molecular formula is C20H24NO+. The van der Waals surface area contributed by atoms with Crippen LogP contribution in [0.5, 0.6) is 5.75 Å². The summed E-state index contributed by atoms with van der Waals surface area (Å²) in [6.45, 7) is 3.06. The number of benzene rings is 1. The van der Waals surface area contributed by atoms with Crippen molar-refractivity contribution in [3.63, 3.8) is 0 Å². The Balaban J connectivity index is 1.90. The van der Waals surface area contributed by atoms with Gasteiger partial charge in [-0.2, -0.15) is 0 Å². The Morgan fingerprint density at radius 3 is 2.64 bits per heavy atom. The van der Waals surface area contributed by atoms with E-state index in [0.29, 0.717) is 0 Å². The number of hydrogen-bond acceptors (Lipinski definition) is 1. The number of aryl methyl sites for hydroxylation is 2. The zero-order valence-electron chi connectivity index (χ0n) is 13.6. The van der Waals surface area contributed by atoms with Crippen molar-refractivity contribution in [2.24, 2.45) is 7.05 Å². The zero-order valence-corrected chi connectivity index (χ0v) is 13.6. The van der Waals surface area contributed by atoms with Gasteiger partial charge in [0.2, 0.25) is 5.69 Å². The van der Waals surface area contributed by atoms with Gasteiger partial charge in [-0.1, -0.05) is 31.4 Å². The highest BCUT2D eigenvalue weighted by molar-refractivity contribution is 5.73. The van der Waals surface area contributed by atoms with Crippen LogP contribution in [0.4, 0.5) is 0 Å². The summed E-state index contributed by atoms with van der Waals surface area (Å²) in [7, 11) is 2.11. The van der Waals surface area contributed by atoms with E-state index < -0.39 is 0 Å². The Hall–Kier alpha value is -1.83. The highest BCUT2D eigenvalue weighted by Crippen LogP contribution is 2.51. The summed E-state index contributed by atoms with van der Waals surface area (Å²) in [5.74, 6) is 1.14. The molecule has 0 radical (unpaired) electrons. The van der Waals surface area contributed by atoms with Crippen molar-refractivity contribution in [2.75, 3.05) is 6.61 Å². The Kier molecular flexibility index (Phi) is 3.21. The topological polar surface area (TPSA) is 13.1 Å². The van der Waals surface area contributed by atoms with Gasteiger partial charge in [-0.05, 0) is 31.4 Å². The number of nitrogens with zero attached hydrogens (tertiary/aromatic N) is 1. The van der Waals surface area contributed by atoms with Crippen molar-refractivity contribution in [2.45, 2.75) is 44.4 Å². The Bertz CT molecular complexity index is 714. The molecule has 0 bridgehead atoms. The molecule has 2 aromatic rings. The molecule has 4 rings (SSSR count). The summed E-state index contributed by atoms with van der Waals surface area (Å²) in [5.41, 5.74) is 5.56. The van der Waals surface area contributed by atoms with Gasteiger partial charge in [-0.25, -0.2) is 4.57 Å². The predicted molar refractivity (Wildman–Crippen MR) is 88.0 cm³/mol. The maximum atomic E-state index is 6.30. The number of ether oxygens (including phenoxy) is 1. The van der Waals surface area contributed by atoms with E-state index in [9.17, 15) is 0 Å². The third kappa shape index (κ3) is 1.97. The molecule has 1 aliphatic heterocycles. The molecular weight excluding hydrogens is 270 g/mol. The number of fused-ring (bicyclic) bond motifs is 2. The average molecular weight is 294 g/mol. The third-order valence-electron chi connectivity index (χ3n) is 5.55. The van der Waals surface area contributed by atoms with Crippen LogP contribution in [-0.4, -0.2) is 6.61 Å². The van der Waals surface area contributed by atoms with Gasteiger partial charge in [-0.15, -0.1) is 0 Å². The second-order valence-corrected chi connectivity index (χ2v) is 6.96. The van der Waals surface area contributed by atoms with E-state index in [1.807, 2.05) is 0 Å². The average Bonchev–Trinajstić information content (AvgIpc) is 2.88. The van der Waals surface area contributed by atoms with E-state index in [2.05, 4.69) is 55.1 Å². The van der Waals surface area contributed by atoms with Crippen molar-refractivity contribution < 1.29 is 9.30 Å². The minimum absolute atomic E-state index is 0.281. The summed E-state index contributed by atoms with van der Waals surface area (Å²) in [6, 6.07) is 11.0. The second kappa shape index (κ2) is 5.12. The van der Waals surface area contributed by atoms with Crippen molar-refractivity contribution in [1.29, 1.82) is 0 Å². The fourth-order valence-corrected chi connectivity index (χ4v) is 4.28. The minimum atomic E-state index is 0.281. The normalized spacial score (nSPS) is 19.0. The smallest absolute Gasteiger partial charge is 0.216 e. The molecule has 0 N–H and O–H groups in total. The lowest BCUT2D eigenvalue weighted by Crippen LogP contribution is -2.30. The van der Waals surface area contributed by atoms with Gasteiger partial charge in [0.05, 0.1) is 12.2 Å². The second-order valence-electron chi connectivity index (χ2n) is 6.96. The van der Waals surface area contributed by atoms with E-state index in [1.54, 1.807) is 0 Å². The molecule has 1 spiro atoms. The molecule has 1 aromatic heterocycles. The molecule has 0 saturated heterocycles. The molecule has 1 aromatic carbocycles. The van der Waals surface area contributed by atoms with Crippen LogP contribution in [0.1, 0.15) is 43.2 Å². The molecule has 1 saturated carbocycles. The van der Waals surface area contributed by atoms with Gasteiger partial charge >= 0.3 is 0 Å². The van der Waals surface area contributed by atoms with Gasteiger partial charge in [-0.3, -0.25) is 0 Å². The summed E-state index contributed by atoms with van der Waals surface area (Å²) < 4.78 is 8.49.